The number of hydrogen-bond acceptors (Lipinski definition) is 2. The van der Waals surface area contributed by atoms with Gasteiger partial charge in [0, 0.05) is 5.97 Å². The Morgan fingerprint density at radius 2 is 1.80 bits per heavy atom. The van der Waals surface area contributed by atoms with Gasteiger partial charge < -0.3 is 9.90 Å². The van der Waals surface area contributed by atoms with Gasteiger partial charge >= 0.3 is 29.6 Å². The quantitative estimate of drug-likeness (QED) is 0.280. The van der Waals surface area contributed by atoms with E-state index in [1.54, 1.807) is 0 Å². The summed E-state index contributed by atoms with van der Waals surface area (Å²) in [5.74, 6) is -1.08. The Morgan fingerprint density at radius 3 is 1.80 bits per heavy atom. The van der Waals surface area contributed by atoms with Gasteiger partial charge in [0.15, 0.2) is 0 Å². The van der Waals surface area contributed by atoms with Crippen LogP contribution >= 0.6 is 0 Å². The van der Waals surface area contributed by atoms with Crippen molar-refractivity contribution in [1.82, 2.24) is 0 Å². The number of carboxylic acids is 1. The number of carbonyl (C=O) groups is 1. The van der Waals surface area contributed by atoms with E-state index in [1.807, 2.05) is 0 Å². The van der Waals surface area contributed by atoms with Crippen LogP contribution in [0, 0.1) is 0 Å². The number of hydrogen-bond donors (Lipinski definition) is 0. The fourth-order valence-electron chi connectivity index (χ4n) is 0. The molecule has 0 aliphatic heterocycles. The number of rotatable bonds is 0. The Kier molecular flexibility index (Phi) is 8.11. The van der Waals surface area contributed by atoms with Crippen molar-refractivity contribution < 1.29 is 39.5 Å². The number of aliphatic carboxylic acids is 1. The second kappa shape index (κ2) is 4.47. The summed E-state index contributed by atoms with van der Waals surface area (Å²) >= 11 is 0. The van der Waals surface area contributed by atoms with E-state index in [2.05, 4.69) is 0 Å². The maximum absolute atomic E-state index is 8.89. The van der Waals surface area contributed by atoms with Crippen LogP contribution in [0.3, 0.4) is 0 Å². The largest absolute Gasteiger partial charge is 1.00 e. The molecule has 0 aliphatic rings. The molecule has 24 valence electrons. The molecule has 0 amide bonds. The second-order valence-corrected chi connectivity index (χ2v) is 0.492. The van der Waals surface area contributed by atoms with Gasteiger partial charge in [-0.25, -0.2) is 0 Å². The fraction of sp³-hybridized carbons (Fsp3) is 0.500. The summed E-state index contributed by atoms with van der Waals surface area (Å²) in [6.45, 7) is 0.972. The molecule has 0 aromatic carbocycles. The summed E-state index contributed by atoms with van der Waals surface area (Å²) in [5.41, 5.74) is 0. The molecule has 0 heterocycles. The van der Waals surface area contributed by atoms with E-state index in [-0.39, 0.29) is 29.6 Å². The Labute approximate surface area is 52.5 Å². The summed E-state index contributed by atoms with van der Waals surface area (Å²) in [4.78, 5) is 8.89. The van der Waals surface area contributed by atoms with Crippen molar-refractivity contribution in [3.63, 3.8) is 0 Å². The molecule has 0 saturated carbocycles. The molecule has 0 aromatic rings. The van der Waals surface area contributed by atoms with Gasteiger partial charge in [0.2, 0.25) is 0 Å². The van der Waals surface area contributed by atoms with Crippen LogP contribution in [0.25, 0.3) is 0 Å². The molecule has 0 N–H and O–H groups in total. The predicted molar refractivity (Wildman–Crippen MR) is 10.7 cm³/mol. The minimum Gasteiger partial charge on any atom is -0.550 e. The van der Waals surface area contributed by atoms with Gasteiger partial charge in [-0.15, -0.1) is 0 Å². The van der Waals surface area contributed by atoms with Crippen molar-refractivity contribution >= 4 is 5.97 Å². The Bertz CT molecular complexity index is 30.6. The second-order valence-electron chi connectivity index (χ2n) is 0.492. The zero-order valence-electron chi connectivity index (χ0n) is 3.32. The minimum atomic E-state index is -1.08. The molecular formula is C2H3NaO2. The van der Waals surface area contributed by atoms with Gasteiger partial charge in [-0.05, 0) is 6.92 Å². The van der Waals surface area contributed by atoms with E-state index in [0.717, 1.165) is 6.92 Å². The first-order valence-corrected chi connectivity index (χ1v) is 0.908. The standard InChI is InChI=1S/C2H4O2.Na/c1-2(3)4;/h1H3,(H,3,4);/q;+1/p-1/i1+2,2+2;. The monoisotopic (exact) mass is 86.0 g/mol. The van der Waals surface area contributed by atoms with E-state index >= 15 is 0 Å². The van der Waals surface area contributed by atoms with Crippen molar-refractivity contribution in [2.24, 2.45) is 0 Å². The smallest absolute Gasteiger partial charge is 0.550 e. The summed E-state index contributed by atoms with van der Waals surface area (Å²) in [6.07, 6.45) is 0. The molecule has 0 spiro atoms. The first-order valence-electron chi connectivity index (χ1n) is 0.908. The molecule has 5 heavy (non-hydrogen) atoms. The average Bonchev–Trinajstić information content (AvgIpc) is 0.811. The van der Waals surface area contributed by atoms with Gasteiger partial charge in [0.25, 0.3) is 0 Å². The third-order valence-corrected chi connectivity index (χ3v) is 0. The van der Waals surface area contributed by atoms with Crippen LogP contribution in [0.2, 0.25) is 0 Å². The van der Waals surface area contributed by atoms with Crippen LogP contribution in [0.4, 0.5) is 0 Å². The van der Waals surface area contributed by atoms with Crippen molar-refractivity contribution in [1.29, 1.82) is 0 Å². The van der Waals surface area contributed by atoms with E-state index in [1.165, 1.54) is 0 Å². The average molecular weight is 86.0 g/mol. The number of carbonyl (C=O) groups excluding carboxylic acids is 1. The van der Waals surface area contributed by atoms with Crippen molar-refractivity contribution in [3.8, 4) is 0 Å². The van der Waals surface area contributed by atoms with E-state index in [9.17, 15) is 0 Å². The van der Waals surface area contributed by atoms with E-state index in [0.29, 0.717) is 0 Å². The normalized spacial score (nSPS) is 5.00. The maximum Gasteiger partial charge on any atom is 1.00 e. The van der Waals surface area contributed by atoms with Gasteiger partial charge in [-0.3, -0.25) is 0 Å². The molecule has 0 rings (SSSR count). The first-order chi connectivity index (χ1) is 1.73. The minimum absolute atomic E-state index is 0. The van der Waals surface area contributed by atoms with Gasteiger partial charge in [-0.2, -0.15) is 0 Å². The van der Waals surface area contributed by atoms with Gasteiger partial charge in [0.05, 0.1) is 0 Å². The molecule has 2 nitrogen and oxygen atoms in total. The van der Waals surface area contributed by atoms with Gasteiger partial charge in [0.1, 0.15) is 0 Å². The molecule has 0 aliphatic carbocycles. The summed E-state index contributed by atoms with van der Waals surface area (Å²) in [5, 5.41) is 8.89. The zero-order chi connectivity index (χ0) is 3.58. The molecular weight excluding hydrogens is 83.0 g/mol. The molecule has 0 unspecified atom stereocenters. The van der Waals surface area contributed by atoms with Crippen molar-refractivity contribution in [2.75, 3.05) is 0 Å². The van der Waals surface area contributed by atoms with Crippen LogP contribution in [-0.2, 0) is 4.79 Å². The molecule has 0 aromatic heterocycles. The van der Waals surface area contributed by atoms with E-state index in [4.69, 9.17) is 9.90 Å². The Hall–Kier alpha value is 0.470. The SMILES string of the molecule is [14CH3][14C](=O)[O-].[Na+]. The van der Waals surface area contributed by atoms with Crippen LogP contribution < -0.4 is 34.7 Å². The third-order valence-electron chi connectivity index (χ3n) is 0. The third kappa shape index (κ3) is 123. The Balaban J connectivity index is 0. The van der Waals surface area contributed by atoms with Crippen molar-refractivity contribution in [3.05, 3.63) is 0 Å². The van der Waals surface area contributed by atoms with Crippen LogP contribution in [-0.4, -0.2) is 5.97 Å². The molecule has 0 atom stereocenters. The van der Waals surface area contributed by atoms with Crippen LogP contribution in [0.15, 0.2) is 0 Å². The molecule has 3 heteroatoms. The molecule has 0 bridgehead atoms. The molecule has 0 saturated heterocycles. The predicted octanol–water partition coefficient (Wildman–Crippen LogP) is -4.24. The van der Waals surface area contributed by atoms with Gasteiger partial charge in [-0.1, -0.05) is 0 Å². The fourth-order valence-corrected chi connectivity index (χ4v) is 0. The topological polar surface area (TPSA) is 40.1 Å². The molecule has 0 radical (unpaired) electrons. The molecule has 0 fully saturated rings. The summed E-state index contributed by atoms with van der Waals surface area (Å²) < 4.78 is 0. The Morgan fingerprint density at radius 1 is 1.80 bits per heavy atom. The van der Waals surface area contributed by atoms with E-state index < -0.39 is 5.97 Å². The van der Waals surface area contributed by atoms with Crippen LogP contribution in [0.1, 0.15) is 6.92 Å². The van der Waals surface area contributed by atoms with Crippen molar-refractivity contribution in [2.45, 2.75) is 6.92 Å². The zero-order valence-corrected chi connectivity index (χ0v) is 5.32. The number of carboxylic acid groups (broad SMARTS) is 1. The van der Waals surface area contributed by atoms with Crippen LogP contribution in [0.5, 0.6) is 0 Å². The maximum atomic E-state index is 8.89. The summed E-state index contributed by atoms with van der Waals surface area (Å²) in [7, 11) is 0. The first kappa shape index (κ1) is 9.08. The summed E-state index contributed by atoms with van der Waals surface area (Å²) in [6, 6.07) is 0.